The third-order valence-corrected chi connectivity index (χ3v) is 5.25. The third kappa shape index (κ3) is 1.89. The highest BCUT2D eigenvalue weighted by Crippen LogP contribution is 2.53. The topological polar surface area (TPSA) is 51.8 Å². The number of rotatable bonds is 4. The summed E-state index contributed by atoms with van der Waals surface area (Å²) >= 11 is 1.83. The second-order valence-corrected chi connectivity index (χ2v) is 6.30. The van der Waals surface area contributed by atoms with E-state index >= 15 is 0 Å². The predicted octanol–water partition coefficient (Wildman–Crippen LogP) is 2.33. The van der Waals surface area contributed by atoms with Gasteiger partial charge in [-0.1, -0.05) is 6.42 Å². The molecule has 0 saturated heterocycles. The van der Waals surface area contributed by atoms with Crippen LogP contribution in [0.2, 0.25) is 0 Å². The number of nitrogens with zero attached hydrogens (tertiary/aromatic N) is 2. The Kier molecular flexibility index (Phi) is 2.94. The molecule has 0 spiro atoms. The Morgan fingerprint density at radius 2 is 2.19 bits per heavy atom. The fourth-order valence-electron chi connectivity index (χ4n) is 3.32. The van der Waals surface area contributed by atoms with Crippen molar-refractivity contribution < 1.29 is 0 Å². The largest absolute Gasteiger partial charge is 0.330 e. The van der Waals surface area contributed by atoms with E-state index in [2.05, 4.69) is 10.2 Å². The fraction of sp³-hybridized carbons (Fsp3) is 0.833. The molecule has 2 aliphatic carbocycles. The van der Waals surface area contributed by atoms with Gasteiger partial charge in [-0.3, -0.25) is 0 Å². The maximum absolute atomic E-state index is 5.51. The van der Waals surface area contributed by atoms with Crippen LogP contribution < -0.4 is 5.73 Å². The van der Waals surface area contributed by atoms with E-state index in [9.17, 15) is 0 Å². The Morgan fingerprint density at radius 3 is 2.88 bits per heavy atom. The molecule has 2 aliphatic rings. The molecule has 2 N–H and O–H groups in total. The number of aromatic nitrogens is 2. The van der Waals surface area contributed by atoms with Crippen molar-refractivity contribution >= 4 is 11.3 Å². The Balaban J connectivity index is 1.68. The summed E-state index contributed by atoms with van der Waals surface area (Å²) in [5.41, 5.74) is 5.51. The number of aryl methyl sites for hydroxylation is 1. The highest BCUT2D eigenvalue weighted by molar-refractivity contribution is 7.11. The van der Waals surface area contributed by atoms with Crippen molar-refractivity contribution in [3.05, 3.63) is 10.0 Å². The van der Waals surface area contributed by atoms with E-state index in [0.717, 1.165) is 37.1 Å². The maximum atomic E-state index is 5.51. The van der Waals surface area contributed by atoms with Gasteiger partial charge < -0.3 is 5.73 Å². The minimum atomic E-state index is 0.739. The molecule has 3 rings (SSSR count). The molecule has 0 radical (unpaired) electrons. The molecule has 2 bridgehead atoms. The number of fused-ring (bicyclic) bond motifs is 2. The summed E-state index contributed by atoms with van der Waals surface area (Å²) in [5, 5.41) is 11.2. The van der Waals surface area contributed by atoms with Gasteiger partial charge in [0.05, 0.1) is 0 Å². The maximum Gasteiger partial charge on any atom is 0.120 e. The molecule has 16 heavy (non-hydrogen) atoms. The molecule has 0 amide bonds. The fourth-order valence-corrected chi connectivity index (χ4v) is 4.41. The van der Waals surface area contributed by atoms with Gasteiger partial charge in [-0.15, -0.1) is 21.5 Å². The zero-order chi connectivity index (χ0) is 11.0. The lowest BCUT2D eigenvalue weighted by Crippen LogP contribution is -2.07. The molecule has 3 unspecified atom stereocenters. The summed E-state index contributed by atoms with van der Waals surface area (Å²) in [5.74, 6) is 2.65. The summed E-state index contributed by atoms with van der Waals surface area (Å²) in [6.45, 7) is 0.753. The molecule has 2 saturated carbocycles. The average molecular weight is 237 g/mol. The molecular weight excluding hydrogens is 218 g/mol. The Hall–Kier alpha value is -0.480. The average Bonchev–Trinajstić information content (AvgIpc) is 3.01. The molecule has 2 fully saturated rings. The number of nitrogens with two attached hydrogens (primary N) is 1. The first kappa shape index (κ1) is 10.7. The molecule has 1 aromatic rings. The molecular formula is C12H19N3S. The van der Waals surface area contributed by atoms with Gasteiger partial charge in [0.1, 0.15) is 10.0 Å². The second-order valence-electron chi connectivity index (χ2n) is 5.21. The van der Waals surface area contributed by atoms with Gasteiger partial charge >= 0.3 is 0 Å². The van der Waals surface area contributed by atoms with Gasteiger partial charge in [0, 0.05) is 12.3 Å². The molecule has 0 aromatic carbocycles. The summed E-state index contributed by atoms with van der Waals surface area (Å²) in [4.78, 5) is 0. The second kappa shape index (κ2) is 4.41. The SMILES string of the molecule is NCCCc1nnc(C2CC3CCC2C3)s1. The van der Waals surface area contributed by atoms with Crippen LogP contribution in [0.25, 0.3) is 0 Å². The van der Waals surface area contributed by atoms with Gasteiger partial charge in [0.25, 0.3) is 0 Å². The minimum Gasteiger partial charge on any atom is -0.330 e. The van der Waals surface area contributed by atoms with E-state index < -0.39 is 0 Å². The van der Waals surface area contributed by atoms with Crippen LogP contribution >= 0.6 is 11.3 Å². The van der Waals surface area contributed by atoms with Crippen LogP contribution in [0.4, 0.5) is 0 Å². The van der Waals surface area contributed by atoms with Gasteiger partial charge in [0.2, 0.25) is 0 Å². The van der Waals surface area contributed by atoms with Crippen LogP contribution in [0.1, 0.15) is 48.0 Å². The lowest BCUT2D eigenvalue weighted by Gasteiger charge is -2.18. The highest BCUT2D eigenvalue weighted by Gasteiger charge is 2.41. The van der Waals surface area contributed by atoms with Crippen LogP contribution in [0.3, 0.4) is 0 Å². The summed E-state index contributed by atoms with van der Waals surface area (Å²) in [7, 11) is 0. The first-order valence-corrected chi connectivity index (χ1v) is 7.21. The molecule has 3 nitrogen and oxygen atoms in total. The Morgan fingerprint density at radius 1 is 1.25 bits per heavy atom. The minimum absolute atomic E-state index is 0.739. The molecule has 4 heteroatoms. The van der Waals surface area contributed by atoms with Gasteiger partial charge in [0.15, 0.2) is 0 Å². The lowest BCUT2D eigenvalue weighted by atomic mass is 9.89. The van der Waals surface area contributed by atoms with Crippen molar-refractivity contribution in [3.63, 3.8) is 0 Å². The van der Waals surface area contributed by atoms with Crippen molar-refractivity contribution in [3.8, 4) is 0 Å². The third-order valence-electron chi connectivity index (χ3n) is 4.13. The zero-order valence-electron chi connectivity index (χ0n) is 9.56. The van der Waals surface area contributed by atoms with E-state index in [-0.39, 0.29) is 0 Å². The molecule has 1 aromatic heterocycles. The normalized spacial score (nSPS) is 32.4. The van der Waals surface area contributed by atoms with Crippen LogP contribution in [0, 0.1) is 11.8 Å². The predicted molar refractivity (Wildman–Crippen MR) is 65.5 cm³/mol. The summed E-state index contributed by atoms with van der Waals surface area (Å²) in [6, 6.07) is 0. The van der Waals surface area contributed by atoms with Gasteiger partial charge in [-0.2, -0.15) is 0 Å². The van der Waals surface area contributed by atoms with E-state index in [1.54, 1.807) is 0 Å². The monoisotopic (exact) mass is 237 g/mol. The number of hydrogen-bond donors (Lipinski definition) is 1. The number of hydrogen-bond acceptors (Lipinski definition) is 4. The van der Waals surface area contributed by atoms with Crippen LogP contribution in [0.5, 0.6) is 0 Å². The zero-order valence-corrected chi connectivity index (χ0v) is 10.4. The van der Waals surface area contributed by atoms with Gasteiger partial charge in [-0.25, -0.2) is 0 Å². The molecule has 3 atom stereocenters. The van der Waals surface area contributed by atoms with E-state index in [0.29, 0.717) is 0 Å². The standard InChI is InChI=1S/C12H19N3S/c13-5-1-2-11-14-15-12(16-11)10-7-8-3-4-9(10)6-8/h8-10H,1-7,13H2. The van der Waals surface area contributed by atoms with Crippen molar-refractivity contribution in [2.45, 2.75) is 44.4 Å². The van der Waals surface area contributed by atoms with Crippen molar-refractivity contribution in [1.82, 2.24) is 10.2 Å². The summed E-state index contributed by atoms with van der Waals surface area (Å²) in [6.07, 6.45) is 7.74. The van der Waals surface area contributed by atoms with Crippen molar-refractivity contribution in [2.24, 2.45) is 17.6 Å². The van der Waals surface area contributed by atoms with Gasteiger partial charge in [-0.05, 0) is 44.1 Å². The van der Waals surface area contributed by atoms with E-state index in [4.69, 9.17) is 5.73 Å². The highest BCUT2D eigenvalue weighted by atomic mass is 32.1. The van der Waals surface area contributed by atoms with Crippen LogP contribution in [0.15, 0.2) is 0 Å². The summed E-state index contributed by atoms with van der Waals surface area (Å²) < 4.78 is 0. The quantitative estimate of drug-likeness (QED) is 0.874. The Bertz CT molecular complexity index is 363. The van der Waals surface area contributed by atoms with E-state index in [1.807, 2.05) is 11.3 Å². The van der Waals surface area contributed by atoms with Crippen molar-refractivity contribution in [1.29, 1.82) is 0 Å². The molecule has 88 valence electrons. The molecule has 0 aliphatic heterocycles. The van der Waals surface area contributed by atoms with Crippen LogP contribution in [-0.4, -0.2) is 16.7 Å². The van der Waals surface area contributed by atoms with Crippen LogP contribution in [-0.2, 0) is 6.42 Å². The first-order valence-electron chi connectivity index (χ1n) is 6.39. The Labute approximate surface area is 100 Å². The van der Waals surface area contributed by atoms with Crippen molar-refractivity contribution in [2.75, 3.05) is 6.54 Å². The molecule has 1 heterocycles. The smallest absolute Gasteiger partial charge is 0.120 e. The van der Waals surface area contributed by atoms with E-state index in [1.165, 1.54) is 35.7 Å². The first-order chi connectivity index (χ1) is 7.86. The lowest BCUT2D eigenvalue weighted by molar-refractivity contribution is 0.417.